The van der Waals surface area contributed by atoms with Crippen molar-refractivity contribution >= 4 is 0 Å². The molecule has 0 aromatic heterocycles. The molecule has 1 N–H and O–H groups in total. The van der Waals surface area contributed by atoms with Gasteiger partial charge in [-0.05, 0) is 12.5 Å². The Morgan fingerprint density at radius 3 is 2.95 bits per heavy atom. The van der Waals surface area contributed by atoms with Crippen molar-refractivity contribution in [3.8, 4) is 11.5 Å². The van der Waals surface area contributed by atoms with Gasteiger partial charge < -0.3 is 19.5 Å². The summed E-state index contributed by atoms with van der Waals surface area (Å²) >= 11 is 0. The van der Waals surface area contributed by atoms with E-state index in [0.717, 1.165) is 56.3 Å². The molecule has 0 bridgehead atoms. The second-order valence-corrected chi connectivity index (χ2v) is 4.74. The number of rotatable bonds is 6. The average Bonchev–Trinajstić information content (AvgIpc) is 2.69. The van der Waals surface area contributed by atoms with Gasteiger partial charge in [0, 0.05) is 31.7 Å². The summed E-state index contributed by atoms with van der Waals surface area (Å²) < 4.78 is 16.7. The van der Waals surface area contributed by atoms with Crippen LogP contribution in [0.5, 0.6) is 11.5 Å². The lowest BCUT2D eigenvalue weighted by Crippen LogP contribution is -2.32. The van der Waals surface area contributed by atoms with Crippen molar-refractivity contribution in [2.45, 2.75) is 32.4 Å². The lowest BCUT2D eigenvalue weighted by molar-refractivity contribution is 0.163. The molecule has 1 aromatic rings. The van der Waals surface area contributed by atoms with Crippen LogP contribution in [0.25, 0.3) is 0 Å². The molecule has 1 unspecified atom stereocenters. The molecule has 1 aromatic carbocycles. The third-order valence-corrected chi connectivity index (χ3v) is 3.29. The number of fused-ring (bicyclic) bond motifs is 1. The van der Waals surface area contributed by atoms with Gasteiger partial charge in [-0.25, -0.2) is 0 Å². The van der Waals surface area contributed by atoms with Gasteiger partial charge >= 0.3 is 0 Å². The summed E-state index contributed by atoms with van der Waals surface area (Å²) in [6.07, 6.45) is 1.98. The first-order chi connectivity index (χ1) is 9.35. The molecule has 1 heterocycles. The molecular formula is C15H23NO3. The molecule has 0 saturated carbocycles. The van der Waals surface area contributed by atoms with Crippen molar-refractivity contribution in [2.24, 2.45) is 0 Å². The van der Waals surface area contributed by atoms with Gasteiger partial charge in [0.25, 0.3) is 0 Å². The molecule has 1 atom stereocenters. The molecule has 0 radical (unpaired) electrons. The van der Waals surface area contributed by atoms with Gasteiger partial charge in [-0.1, -0.05) is 19.1 Å². The van der Waals surface area contributed by atoms with E-state index in [1.54, 1.807) is 7.11 Å². The van der Waals surface area contributed by atoms with Crippen molar-refractivity contribution in [3.05, 3.63) is 23.8 Å². The highest BCUT2D eigenvalue weighted by molar-refractivity contribution is 5.47. The predicted molar refractivity (Wildman–Crippen MR) is 74.8 cm³/mol. The van der Waals surface area contributed by atoms with Crippen molar-refractivity contribution in [2.75, 3.05) is 26.9 Å². The molecular weight excluding hydrogens is 242 g/mol. The fourth-order valence-corrected chi connectivity index (χ4v) is 2.17. The number of hydrogen-bond acceptors (Lipinski definition) is 4. The minimum absolute atomic E-state index is 0.368. The first-order valence-electron chi connectivity index (χ1n) is 6.95. The molecule has 0 fully saturated rings. The third kappa shape index (κ3) is 3.85. The standard InChI is InChI=1S/C15H23NO3/c1-3-13(11-17-2)16-10-12-6-4-7-14-15(12)19-9-5-8-18-14/h4,6-7,13,16H,3,5,8-11H2,1-2H3. The maximum absolute atomic E-state index is 5.81. The number of hydrogen-bond donors (Lipinski definition) is 1. The Balaban J connectivity index is 2.03. The zero-order valence-electron chi connectivity index (χ0n) is 11.8. The Hall–Kier alpha value is -1.26. The summed E-state index contributed by atoms with van der Waals surface area (Å²) in [7, 11) is 1.73. The highest BCUT2D eigenvalue weighted by Gasteiger charge is 2.15. The van der Waals surface area contributed by atoms with E-state index in [0.29, 0.717) is 6.04 Å². The molecule has 106 valence electrons. The highest BCUT2D eigenvalue weighted by atomic mass is 16.5. The molecule has 1 aliphatic rings. The van der Waals surface area contributed by atoms with Crippen molar-refractivity contribution in [1.29, 1.82) is 0 Å². The fraction of sp³-hybridized carbons (Fsp3) is 0.600. The number of methoxy groups -OCH3 is 1. The first-order valence-corrected chi connectivity index (χ1v) is 6.95. The van der Waals surface area contributed by atoms with E-state index in [9.17, 15) is 0 Å². The molecule has 19 heavy (non-hydrogen) atoms. The van der Waals surface area contributed by atoms with Gasteiger partial charge in [0.1, 0.15) is 0 Å². The minimum Gasteiger partial charge on any atom is -0.490 e. The van der Waals surface area contributed by atoms with Gasteiger partial charge in [0.05, 0.1) is 19.8 Å². The number of nitrogens with one attached hydrogen (secondary N) is 1. The number of benzene rings is 1. The van der Waals surface area contributed by atoms with E-state index >= 15 is 0 Å². The lowest BCUT2D eigenvalue weighted by Gasteiger charge is -2.18. The Morgan fingerprint density at radius 2 is 2.16 bits per heavy atom. The monoisotopic (exact) mass is 265 g/mol. The van der Waals surface area contributed by atoms with E-state index in [1.807, 2.05) is 12.1 Å². The quantitative estimate of drug-likeness (QED) is 0.857. The number of para-hydroxylation sites is 1. The summed E-state index contributed by atoms with van der Waals surface area (Å²) in [5, 5.41) is 3.50. The van der Waals surface area contributed by atoms with Crippen LogP contribution in [0.3, 0.4) is 0 Å². The smallest absolute Gasteiger partial charge is 0.165 e. The summed E-state index contributed by atoms with van der Waals surface area (Å²) in [6, 6.07) is 6.44. The zero-order chi connectivity index (χ0) is 13.5. The first kappa shape index (κ1) is 14.2. The predicted octanol–water partition coefficient (Wildman–Crippen LogP) is 2.36. The van der Waals surface area contributed by atoms with E-state index in [-0.39, 0.29) is 0 Å². The van der Waals surface area contributed by atoms with E-state index in [2.05, 4.69) is 18.3 Å². The molecule has 4 nitrogen and oxygen atoms in total. The maximum atomic E-state index is 5.81. The van der Waals surface area contributed by atoms with Crippen LogP contribution in [0.4, 0.5) is 0 Å². The van der Waals surface area contributed by atoms with Gasteiger partial charge in [0.2, 0.25) is 0 Å². The van der Waals surface area contributed by atoms with Crippen LogP contribution in [0.1, 0.15) is 25.3 Å². The SMILES string of the molecule is CCC(COC)NCc1cccc2c1OCCCO2. The van der Waals surface area contributed by atoms with Crippen LogP contribution in [0.2, 0.25) is 0 Å². The lowest BCUT2D eigenvalue weighted by atomic mass is 10.1. The van der Waals surface area contributed by atoms with Crippen molar-refractivity contribution in [3.63, 3.8) is 0 Å². The molecule has 4 heteroatoms. The normalized spacial score (nSPS) is 15.9. The fourth-order valence-electron chi connectivity index (χ4n) is 2.17. The van der Waals surface area contributed by atoms with Gasteiger partial charge in [-0.2, -0.15) is 0 Å². The maximum Gasteiger partial charge on any atom is 0.165 e. The minimum atomic E-state index is 0.368. The van der Waals surface area contributed by atoms with Gasteiger partial charge in [-0.15, -0.1) is 0 Å². The number of ether oxygens (including phenoxy) is 3. The summed E-state index contributed by atoms with van der Waals surface area (Å²) in [4.78, 5) is 0. The molecule has 0 aliphatic carbocycles. The molecule has 0 saturated heterocycles. The van der Waals surface area contributed by atoms with Crippen LogP contribution in [-0.2, 0) is 11.3 Å². The molecule has 1 aliphatic heterocycles. The Kier molecular flexibility index (Phi) is 5.48. The molecule has 0 amide bonds. The van der Waals surface area contributed by atoms with Crippen LogP contribution in [0, 0.1) is 0 Å². The topological polar surface area (TPSA) is 39.7 Å². The molecule has 0 spiro atoms. The van der Waals surface area contributed by atoms with Gasteiger partial charge in [0.15, 0.2) is 11.5 Å². The zero-order valence-corrected chi connectivity index (χ0v) is 11.8. The van der Waals surface area contributed by atoms with Crippen LogP contribution < -0.4 is 14.8 Å². The van der Waals surface area contributed by atoms with E-state index in [4.69, 9.17) is 14.2 Å². The second kappa shape index (κ2) is 7.36. The largest absolute Gasteiger partial charge is 0.490 e. The van der Waals surface area contributed by atoms with Crippen LogP contribution in [0.15, 0.2) is 18.2 Å². The Labute approximate surface area is 115 Å². The van der Waals surface area contributed by atoms with Crippen molar-refractivity contribution < 1.29 is 14.2 Å². The summed E-state index contributed by atoms with van der Waals surface area (Å²) in [5.41, 5.74) is 1.15. The van der Waals surface area contributed by atoms with E-state index in [1.165, 1.54) is 0 Å². The highest BCUT2D eigenvalue weighted by Crippen LogP contribution is 2.33. The Morgan fingerprint density at radius 1 is 1.32 bits per heavy atom. The summed E-state index contributed by atoms with van der Waals surface area (Å²) in [5.74, 6) is 1.75. The van der Waals surface area contributed by atoms with Crippen LogP contribution in [-0.4, -0.2) is 33.0 Å². The van der Waals surface area contributed by atoms with Crippen LogP contribution >= 0.6 is 0 Å². The Bertz CT molecular complexity index is 395. The van der Waals surface area contributed by atoms with E-state index < -0.39 is 0 Å². The second-order valence-electron chi connectivity index (χ2n) is 4.74. The third-order valence-electron chi connectivity index (χ3n) is 3.29. The summed E-state index contributed by atoms with van der Waals surface area (Å²) in [6.45, 7) is 5.10. The average molecular weight is 265 g/mol. The van der Waals surface area contributed by atoms with Gasteiger partial charge in [-0.3, -0.25) is 0 Å². The molecule has 2 rings (SSSR count). The van der Waals surface area contributed by atoms with Crippen molar-refractivity contribution in [1.82, 2.24) is 5.32 Å².